The van der Waals surface area contributed by atoms with Crippen LogP contribution in [0.3, 0.4) is 0 Å². The number of nitrogens with one attached hydrogen (secondary N) is 1. The molecule has 2 aromatic heterocycles. The predicted octanol–water partition coefficient (Wildman–Crippen LogP) is 6.92. The quantitative estimate of drug-likeness (QED) is 0.184. The number of imidazole rings is 1. The topological polar surface area (TPSA) is 98.5 Å². The lowest BCUT2D eigenvalue weighted by Crippen LogP contribution is -2.32. The maximum Gasteiger partial charge on any atom is 0.253 e. The molecule has 0 unspecified atom stereocenters. The number of pyridine rings is 1. The van der Waals surface area contributed by atoms with Crippen LogP contribution in [-0.4, -0.2) is 31.7 Å². The molecule has 2 N–H and O–H groups in total. The lowest BCUT2D eigenvalue weighted by molar-refractivity contribution is -0.252. The number of nitrogens with zero attached hydrogens (tertiary/aromatic N) is 3. The summed E-state index contributed by atoms with van der Waals surface area (Å²) in [6.45, 7) is 0.816. The molecule has 6 rings (SSSR count). The minimum atomic E-state index is -0.643. The van der Waals surface area contributed by atoms with Gasteiger partial charge in [0.05, 0.1) is 37.3 Å². The largest absolute Gasteiger partial charge is 0.392 e. The third-order valence-corrected chi connectivity index (χ3v) is 8.31. The first-order valence-electron chi connectivity index (χ1n) is 14.2. The Labute approximate surface area is 265 Å². The summed E-state index contributed by atoms with van der Waals surface area (Å²) in [5.41, 5.74) is 6.18. The van der Waals surface area contributed by atoms with Crippen LogP contribution in [0.4, 0.5) is 0 Å². The van der Waals surface area contributed by atoms with Crippen molar-refractivity contribution in [3.05, 3.63) is 142 Å². The molecule has 1 fully saturated rings. The molecule has 224 valence electrons. The molecule has 1 aliphatic rings. The molecule has 0 aliphatic carbocycles. The summed E-state index contributed by atoms with van der Waals surface area (Å²) in [4.78, 5) is 20.6. The number of aliphatic hydroxyl groups is 1. The van der Waals surface area contributed by atoms with Crippen molar-refractivity contribution in [2.45, 2.75) is 44.6 Å². The standard InChI is InChI=1S/C34H30Cl2N4O4/c35-31-32(36)40(21-39-31)19-29-16-30(24-11-9-22(20-41)10-12-24)44-34(43-29)27-7-2-6-26(15-27)25-5-1-4-23(14-25)17-38-33(42)28-8-3-13-37-18-28/h1-15,18,21,29-30,34,41H,16-17,19-20H2,(H,38,42)/t29-,30+,34+/m0/s1. The van der Waals surface area contributed by atoms with Gasteiger partial charge in [0.15, 0.2) is 11.4 Å². The van der Waals surface area contributed by atoms with E-state index in [1.165, 1.54) is 0 Å². The number of amides is 1. The number of halogens is 2. The summed E-state index contributed by atoms with van der Waals surface area (Å²) >= 11 is 12.5. The zero-order chi connectivity index (χ0) is 30.5. The van der Waals surface area contributed by atoms with E-state index in [4.69, 9.17) is 32.7 Å². The number of carbonyl (C=O) groups excluding carboxylic acids is 1. The second-order valence-electron chi connectivity index (χ2n) is 10.6. The van der Waals surface area contributed by atoms with Crippen molar-refractivity contribution in [2.75, 3.05) is 0 Å². The molecular formula is C34H30Cl2N4O4. The number of rotatable bonds is 9. The molecule has 5 aromatic rings. The normalized spacial score (nSPS) is 18.2. The van der Waals surface area contributed by atoms with Crippen LogP contribution in [0.1, 0.15) is 51.4 Å². The Bertz CT molecular complexity index is 1730. The van der Waals surface area contributed by atoms with Gasteiger partial charge in [-0.1, -0.05) is 83.9 Å². The zero-order valence-corrected chi connectivity index (χ0v) is 25.2. The van der Waals surface area contributed by atoms with Gasteiger partial charge in [-0.05, 0) is 52.1 Å². The number of carbonyl (C=O) groups is 1. The number of benzene rings is 3. The monoisotopic (exact) mass is 628 g/mol. The summed E-state index contributed by atoms with van der Waals surface area (Å²) < 4.78 is 14.8. The molecule has 0 bridgehead atoms. The minimum absolute atomic E-state index is 0.0229. The first-order valence-corrected chi connectivity index (χ1v) is 15.0. The Hall–Kier alpha value is -4.05. The Morgan fingerprint density at radius 3 is 2.45 bits per heavy atom. The Morgan fingerprint density at radius 2 is 1.73 bits per heavy atom. The molecule has 1 saturated heterocycles. The van der Waals surface area contributed by atoms with Crippen LogP contribution in [0.15, 0.2) is 104 Å². The minimum Gasteiger partial charge on any atom is -0.392 e. The van der Waals surface area contributed by atoms with Crippen molar-refractivity contribution in [3.8, 4) is 11.1 Å². The molecule has 10 heteroatoms. The van der Waals surface area contributed by atoms with E-state index < -0.39 is 6.29 Å². The fourth-order valence-corrected chi connectivity index (χ4v) is 5.54. The molecule has 3 atom stereocenters. The van der Waals surface area contributed by atoms with E-state index in [1.54, 1.807) is 35.4 Å². The van der Waals surface area contributed by atoms with Crippen LogP contribution in [0.25, 0.3) is 11.1 Å². The molecule has 1 aliphatic heterocycles. The highest BCUT2D eigenvalue weighted by atomic mass is 35.5. The second kappa shape index (κ2) is 13.7. The smallest absolute Gasteiger partial charge is 0.253 e. The average Bonchev–Trinajstić information content (AvgIpc) is 3.39. The molecule has 3 aromatic carbocycles. The number of ether oxygens (including phenoxy) is 2. The van der Waals surface area contributed by atoms with Crippen molar-refractivity contribution < 1.29 is 19.4 Å². The lowest BCUT2D eigenvalue weighted by atomic mass is 9.98. The van der Waals surface area contributed by atoms with Gasteiger partial charge in [-0.3, -0.25) is 9.78 Å². The summed E-state index contributed by atoms with van der Waals surface area (Å²) in [6.07, 6.45) is 4.25. The summed E-state index contributed by atoms with van der Waals surface area (Å²) in [7, 11) is 0. The first-order chi connectivity index (χ1) is 21.5. The fraction of sp³-hybridized carbons (Fsp3) is 0.206. The van der Waals surface area contributed by atoms with E-state index in [9.17, 15) is 9.90 Å². The Kier molecular flexibility index (Phi) is 9.35. The van der Waals surface area contributed by atoms with E-state index in [2.05, 4.69) is 27.4 Å². The average molecular weight is 630 g/mol. The fourth-order valence-electron chi connectivity index (χ4n) is 5.23. The van der Waals surface area contributed by atoms with E-state index >= 15 is 0 Å². The highest BCUT2D eigenvalue weighted by Crippen LogP contribution is 2.39. The van der Waals surface area contributed by atoms with Gasteiger partial charge in [0.2, 0.25) is 0 Å². The Morgan fingerprint density at radius 1 is 0.932 bits per heavy atom. The number of hydrogen-bond acceptors (Lipinski definition) is 6. The maximum atomic E-state index is 12.5. The van der Waals surface area contributed by atoms with Crippen LogP contribution in [0.5, 0.6) is 0 Å². The van der Waals surface area contributed by atoms with Gasteiger partial charge in [0.25, 0.3) is 5.91 Å². The Balaban J connectivity index is 1.22. The van der Waals surface area contributed by atoms with Gasteiger partial charge >= 0.3 is 0 Å². The highest BCUT2D eigenvalue weighted by molar-refractivity contribution is 6.40. The van der Waals surface area contributed by atoms with Crippen LogP contribution < -0.4 is 5.32 Å². The maximum absolute atomic E-state index is 12.5. The van der Waals surface area contributed by atoms with Crippen molar-refractivity contribution in [1.29, 1.82) is 0 Å². The van der Waals surface area contributed by atoms with Crippen LogP contribution >= 0.6 is 23.2 Å². The first kappa shape index (κ1) is 30.0. The summed E-state index contributed by atoms with van der Waals surface area (Å²) in [5.74, 6) is -0.175. The van der Waals surface area contributed by atoms with Gasteiger partial charge < -0.3 is 24.5 Å². The van der Waals surface area contributed by atoms with E-state index in [0.717, 1.165) is 33.4 Å². The molecule has 1 amide bonds. The molecule has 3 heterocycles. The van der Waals surface area contributed by atoms with Crippen LogP contribution in [0.2, 0.25) is 10.3 Å². The number of aliphatic hydroxyl groups excluding tert-OH is 1. The zero-order valence-electron chi connectivity index (χ0n) is 23.6. The van der Waals surface area contributed by atoms with Gasteiger partial charge in [0.1, 0.15) is 5.15 Å². The molecule has 44 heavy (non-hydrogen) atoms. The molecule has 0 saturated carbocycles. The van der Waals surface area contributed by atoms with Gasteiger partial charge in [-0.25, -0.2) is 4.98 Å². The van der Waals surface area contributed by atoms with Crippen molar-refractivity contribution in [3.63, 3.8) is 0 Å². The predicted molar refractivity (Wildman–Crippen MR) is 168 cm³/mol. The summed E-state index contributed by atoms with van der Waals surface area (Å²) in [5, 5.41) is 13.1. The van der Waals surface area contributed by atoms with Crippen molar-refractivity contribution in [2.24, 2.45) is 0 Å². The van der Waals surface area contributed by atoms with Crippen LogP contribution in [0, 0.1) is 0 Å². The molecular weight excluding hydrogens is 599 g/mol. The highest BCUT2D eigenvalue weighted by Gasteiger charge is 2.33. The SMILES string of the molecule is O=C(NCc1cccc(-c2cccc([C@@H]3O[C@H](Cn4cnc(Cl)c4Cl)C[C@H](c4ccc(CO)cc4)O3)c2)c1)c1cccnc1. The van der Waals surface area contributed by atoms with Crippen molar-refractivity contribution >= 4 is 29.1 Å². The van der Waals surface area contributed by atoms with E-state index in [1.807, 2.05) is 60.7 Å². The summed E-state index contributed by atoms with van der Waals surface area (Å²) in [6, 6.07) is 27.3. The third kappa shape index (κ3) is 7.01. The van der Waals surface area contributed by atoms with Gasteiger partial charge in [0, 0.05) is 30.9 Å². The van der Waals surface area contributed by atoms with Gasteiger partial charge in [-0.15, -0.1) is 0 Å². The number of aromatic nitrogens is 3. The third-order valence-electron chi connectivity index (χ3n) is 7.54. The molecule has 8 nitrogen and oxygen atoms in total. The molecule has 0 radical (unpaired) electrons. The second-order valence-corrected chi connectivity index (χ2v) is 11.3. The lowest BCUT2D eigenvalue weighted by Gasteiger charge is -2.36. The van der Waals surface area contributed by atoms with Gasteiger partial charge in [-0.2, -0.15) is 0 Å². The van der Waals surface area contributed by atoms with E-state index in [0.29, 0.717) is 30.2 Å². The van der Waals surface area contributed by atoms with E-state index in [-0.39, 0.29) is 29.9 Å². The van der Waals surface area contributed by atoms with Crippen LogP contribution in [-0.2, 0) is 29.2 Å². The molecule has 0 spiro atoms. The number of hydrogen-bond donors (Lipinski definition) is 2. The van der Waals surface area contributed by atoms with Crippen molar-refractivity contribution in [1.82, 2.24) is 19.9 Å².